The Bertz CT molecular complexity index is 579. The summed E-state index contributed by atoms with van der Waals surface area (Å²) in [6, 6.07) is 6.29. The fourth-order valence-corrected chi connectivity index (χ4v) is 4.09. The van der Waals surface area contributed by atoms with Gasteiger partial charge >= 0.3 is 0 Å². The second-order valence-electron chi connectivity index (χ2n) is 5.52. The van der Waals surface area contributed by atoms with Crippen molar-refractivity contribution in [1.29, 1.82) is 0 Å². The van der Waals surface area contributed by atoms with Gasteiger partial charge in [-0.3, -0.25) is 0 Å². The maximum atomic E-state index is 12.2. The number of piperazine rings is 1. The maximum Gasteiger partial charge on any atom is 0.215 e. The Hall–Kier alpha value is -1.11. The van der Waals surface area contributed by atoms with Crippen molar-refractivity contribution in [2.24, 2.45) is 0 Å². The molecule has 0 saturated carbocycles. The number of rotatable bonds is 5. The van der Waals surface area contributed by atoms with Crippen molar-refractivity contribution < 1.29 is 8.42 Å². The largest absolute Gasteiger partial charge is 0.369 e. The Labute approximate surface area is 128 Å². The lowest BCUT2D eigenvalue weighted by Crippen LogP contribution is -2.50. The van der Waals surface area contributed by atoms with Gasteiger partial charge in [-0.15, -0.1) is 0 Å². The number of anilines is 1. The number of nitrogens with one attached hydrogen (secondary N) is 1. The van der Waals surface area contributed by atoms with E-state index in [-0.39, 0.29) is 5.75 Å². The number of benzene rings is 1. The van der Waals surface area contributed by atoms with Crippen LogP contribution < -0.4 is 10.2 Å². The van der Waals surface area contributed by atoms with E-state index in [0.29, 0.717) is 19.6 Å². The quantitative estimate of drug-likeness (QED) is 0.880. The predicted octanol–water partition coefficient (Wildman–Crippen LogP) is 0.975. The van der Waals surface area contributed by atoms with Crippen LogP contribution in [0, 0.1) is 13.8 Å². The van der Waals surface area contributed by atoms with E-state index in [1.54, 1.807) is 11.4 Å². The van der Waals surface area contributed by atoms with E-state index in [4.69, 9.17) is 0 Å². The fourth-order valence-electron chi connectivity index (χ4n) is 2.65. The molecule has 1 fully saturated rings. The summed E-state index contributed by atoms with van der Waals surface area (Å²) in [6.45, 7) is 7.38. The van der Waals surface area contributed by atoms with Crippen LogP contribution in [0.3, 0.4) is 0 Å². The van der Waals surface area contributed by atoms with Crippen LogP contribution in [0.5, 0.6) is 0 Å². The number of nitrogens with zero attached hydrogens (tertiary/aromatic N) is 2. The standard InChI is InChI=1S/C15H25N3O2S/c1-13-5-4-6-15(14(13)2)17-8-10-18(11-9-17)21(19,20)12-7-16-3/h4-6,16H,7-12H2,1-3H3. The van der Waals surface area contributed by atoms with Gasteiger partial charge in [-0.1, -0.05) is 12.1 Å². The fraction of sp³-hybridized carbons (Fsp3) is 0.600. The van der Waals surface area contributed by atoms with E-state index in [9.17, 15) is 8.42 Å². The zero-order valence-electron chi connectivity index (χ0n) is 13.1. The molecule has 0 unspecified atom stereocenters. The molecule has 118 valence electrons. The predicted molar refractivity (Wildman–Crippen MR) is 87.4 cm³/mol. The average molecular weight is 311 g/mol. The molecule has 2 rings (SSSR count). The summed E-state index contributed by atoms with van der Waals surface area (Å²) in [6.07, 6.45) is 0. The molecule has 1 aromatic rings. The van der Waals surface area contributed by atoms with Gasteiger partial charge in [-0.05, 0) is 38.1 Å². The van der Waals surface area contributed by atoms with E-state index in [0.717, 1.165) is 13.1 Å². The normalized spacial score (nSPS) is 17.2. The molecule has 6 heteroatoms. The Morgan fingerprint density at radius 2 is 1.81 bits per heavy atom. The van der Waals surface area contributed by atoms with Crippen LogP contribution in [0.1, 0.15) is 11.1 Å². The van der Waals surface area contributed by atoms with Crippen molar-refractivity contribution in [3.63, 3.8) is 0 Å². The monoisotopic (exact) mass is 311 g/mol. The van der Waals surface area contributed by atoms with Crippen molar-refractivity contribution in [3.05, 3.63) is 29.3 Å². The first-order valence-corrected chi connectivity index (χ1v) is 9.00. The molecule has 21 heavy (non-hydrogen) atoms. The lowest BCUT2D eigenvalue weighted by Gasteiger charge is -2.36. The summed E-state index contributed by atoms with van der Waals surface area (Å²) in [4.78, 5) is 2.28. The Balaban J connectivity index is 2.02. The molecule has 5 nitrogen and oxygen atoms in total. The first-order chi connectivity index (χ1) is 9.95. The molecule has 0 bridgehead atoms. The van der Waals surface area contributed by atoms with Gasteiger partial charge in [0.2, 0.25) is 10.0 Å². The molecule has 1 aromatic carbocycles. The summed E-state index contributed by atoms with van der Waals surface area (Å²) in [5, 5.41) is 2.89. The molecular formula is C15H25N3O2S. The number of hydrogen-bond acceptors (Lipinski definition) is 4. The van der Waals surface area contributed by atoms with Crippen molar-refractivity contribution in [1.82, 2.24) is 9.62 Å². The van der Waals surface area contributed by atoms with E-state index < -0.39 is 10.0 Å². The van der Waals surface area contributed by atoms with Gasteiger partial charge < -0.3 is 10.2 Å². The summed E-state index contributed by atoms with van der Waals surface area (Å²) < 4.78 is 26.0. The van der Waals surface area contributed by atoms with E-state index in [1.165, 1.54) is 16.8 Å². The van der Waals surface area contributed by atoms with Crippen LogP contribution in [0.2, 0.25) is 0 Å². The molecule has 1 aliphatic heterocycles. The minimum absolute atomic E-state index is 0.174. The van der Waals surface area contributed by atoms with Crippen molar-refractivity contribution in [2.75, 3.05) is 50.4 Å². The highest BCUT2D eigenvalue weighted by molar-refractivity contribution is 7.89. The van der Waals surface area contributed by atoms with Gasteiger partial charge in [0.1, 0.15) is 0 Å². The molecular weight excluding hydrogens is 286 g/mol. The Kier molecular flexibility index (Phi) is 5.24. The highest BCUT2D eigenvalue weighted by Crippen LogP contribution is 2.24. The number of sulfonamides is 1. The lowest BCUT2D eigenvalue weighted by atomic mass is 10.1. The topological polar surface area (TPSA) is 52.7 Å². The minimum atomic E-state index is -3.13. The van der Waals surface area contributed by atoms with Crippen LogP contribution in [0.25, 0.3) is 0 Å². The van der Waals surface area contributed by atoms with Gasteiger partial charge in [-0.2, -0.15) is 4.31 Å². The summed E-state index contributed by atoms with van der Waals surface area (Å²) in [5.74, 6) is 0.174. The molecule has 0 atom stereocenters. The van der Waals surface area contributed by atoms with Crippen LogP contribution in [-0.2, 0) is 10.0 Å². The van der Waals surface area contributed by atoms with Gasteiger partial charge in [0, 0.05) is 38.4 Å². The number of aryl methyl sites for hydroxylation is 1. The van der Waals surface area contributed by atoms with Gasteiger partial charge in [0.25, 0.3) is 0 Å². The summed E-state index contributed by atoms with van der Waals surface area (Å²) in [7, 11) is -1.35. The summed E-state index contributed by atoms with van der Waals surface area (Å²) in [5.41, 5.74) is 3.78. The zero-order valence-corrected chi connectivity index (χ0v) is 13.9. The van der Waals surface area contributed by atoms with Gasteiger partial charge in [-0.25, -0.2) is 8.42 Å². The molecule has 0 aliphatic carbocycles. The smallest absolute Gasteiger partial charge is 0.215 e. The minimum Gasteiger partial charge on any atom is -0.369 e. The zero-order chi connectivity index (χ0) is 15.5. The van der Waals surface area contributed by atoms with Gasteiger partial charge in [0.05, 0.1) is 5.75 Å². The second kappa shape index (κ2) is 6.77. The Morgan fingerprint density at radius 3 is 2.43 bits per heavy atom. The van der Waals surface area contributed by atoms with E-state index in [2.05, 4.69) is 42.3 Å². The highest BCUT2D eigenvalue weighted by Gasteiger charge is 2.26. The third-order valence-electron chi connectivity index (χ3n) is 4.16. The molecule has 0 spiro atoms. The molecule has 0 aromatic heterocycles. The molecule has 1 aliphatic rings. The highest BCUT2D eigenvalue weighted by atomic mass is 32.2. The Morgan fingerprint density at radius 1 is 1.14 bits per heavy atom. The third-order valence-corrected chi connectivity index (χ3v) is 6.03. The molecule has 0 amide bonds. The van der Waals surface area contributed by atoms with E-state index >= 15 is 0 Å². The van der Waals surface area contributed by atoms with Crippen LogP contribution >= 0.6 is 0 Å². The average Bonchev–Trinajstić information content (AvgIpc) is 2.48. The number of hydrogen-bond donors (Lipinski definition) is 1. The van der Waals surface area contributed by atoms with Crippen molar-refractivity contribution in [2.45, 2.75) is 13.8 Å². The molecule has 1 saturated heterocycles. The third kappa shape index (κ3) is 3.75. The SMILES string of the molecule is CNCCS(=O)(=O)N1CCN(c2cccc(C)c2C)CC1. The van der Waals surface area contributed by atoms with Crippen molar-refractivity contribution >= 4 is 15.7 Å². The molecule has 1 heterocycles. The van der Waals surface area contributed by atoms with Crippen molar-refractivity contribution in [3.8, 4) is 0 Å². The van der Waals surface area contributed by atoms with Crippen LogP contribution in [0.15, 0.2) is 18.2 Å². The molecule has 0 radical (unpaired) electrons. The molecule has 1 N–H and O–H groups in total. The maximum absolute atomic E-state index is 12.2. The first kappa shape index (κ1) is 16.3. The second-order valence-corrected chi connectivity index (χ2v) is 7.61. The van der Waals surface area contributed by atoms with Crippen LogP contribution in [0.4, 0.5) is 5.69 Å². The lowest BCUT2D eigenvalue weighted by molar-refractivity contribution is 0.384. The summed E-state index contributed by atoms with van der Waals surface area (Å²) >= 11 is 0. The van der Waals surface area contributed by atoms with Gasteiger partial charge in [0.15, 0.2) is 0 Å². The van der Waals surface area contributed by atoms with Crippen LogP contribution in [-0.4, -0.2) is 58.2 Å². The first-order valence-electron chi connectivity index (χ1n) is 7.39. The van der Waals surface area contributed by atoms with E-state index in [1.807, 2.05) is 0 Å².